The van der Waals surface area contributed by atoms with E-state index in [4.69, 9.17) is 4.74 Å². The number of amides is 1. The maximum atomic E-state index is 12.2. The van der Waals surface area contributed by atoms with Crippen LogP contribution in [0.15, 0.2) is 35.5 Å². The third kappa shape index (κ3) is 3.48. The van der Waals surface area contributed by atoms with E-state index < -0.39 is 0 Å². The van der Waals surface area contributed by atoms with Crippen molar-refractivity contribution in [1.29, 1.82) is 0 Å². The van der Waals surface area contributed by atoms with Crippen molar-refractivity contribution in [3.63, 3.8) is 0 Å². The summed E-state index contributed by atoms with van der Waals surface area (Å²) >= 11 is 0. The van der Waals surface area contributed by atoms with E-state index in [0.717, 1.165) is 31.7 Å². The molecule has 0 unspecified atom stereocenters. The molecule has 1 aliphatic rings. The number of aromatic amines is 2. The predicted octanol–water partition coefficient (Wildman–Crippen LogP) is 1.59. The van der Waals surface area contributed by atoms with Crippen molar-refractivity contribution in [2.45, 2.75) is 25.3 Å². The molecule has 0 aliphatic carbocycles. The number of rotatable bonds is 4. The zero-order valence-corrected chi connectivity index (χ0v) is 13.6. The van der Waals surface area contributed by atoms with E-state index in [9.17, 15) is 9.59 Å². The number of aromatic nitrogens is 4. The highest BCUT2D eigenvalue weighted by atomic mass is 16.5. The fraction of sp³-hybridized carbons (Fsp3) is 0.353. The molecule has 25 heavy (non-hydrogen) atoms. The van der Waals surface area contributed by atoms with Crippen LogP contribution < -0.4 is 11.0 Å². The molecule has 130 valence electrons. The van der Waals surface area contributed by atoms with E-state index in [1.165, 1.54) is 0 Å². The standard InChI is InChI=1S/C17H19N5O3/c23-16(19-12-1-2-13-14(7-12)21-17(24)20-13)9-22-8-15(18-10-22)11-3-5-25-6-4-11/h1-2,7-8,10-11H,3-6,9H2,(H,19,23)(H2,20,21,24). The number of H-pyrrole nitrogens is 2. The van der Waals surface area contributed by atoms with Crippen LogP contribution in [-0.2, 0) is 16.1 Å². The van der Waals surface area contributed by atoms with Gasteiger partial charge in [-0.25, -0.2) is 9.78 Å². The molecule has 1 amide bonds. The Labute approximate surface area is 143 Å². The molecular weight excluding hydrogens is 322 g/mol. The van der Waals surface area contributed by atoms with Crippen LogP contribution in [0.1, 0.15) is 24.5 Å². The van der Waals surface area contributed by atoms with Crippen molar-refractivity contribution in [3.05, 3.63) is 46.9 Å². The summed E-state index contributed by atoms with van der Waals surface area (Å²) in [5.74, 6) is 0.263. The fourth-order valence-corrected chi connectivity index (χ4v) is 3.14. The minimum absolute atomic E-state index is 0.145. The Bertz CT molecular complexity index is 949. The molecule has 3 heterocycles. The predicted molar refractivity (Wildman–Crippen MR) is 92.6 cm³/mol. The number of anilines is 1. The van der Waals surface area contributed by atoms with Gasteiger partial charge in [-0.2, -0.15) is 0 Å². The molecule has 0 atom stereocenters. The van der Waals surface area contributed by atoms with Gasteiger partial charge in [0.2, 0.25) is 5.91 Å². The Morgan fingerprint density at radius 1 is 1.28 bits per heavy atom. The summed E-state index contributed by atoms with van der Waals surface area (Å²) in [5, 5.41) is 2.84. The second-order valence-electron chi connectivity index (χ2n) is 6.25. The third-order valence-electron chi connectivity index (χ3n) is 4.42. The summed E-state index contributed by atoms with van der Waals surface area (Å²) in [4.78, 5) is 33.3. The van der Waals surface area contributed by atoms with Gasteiger partial charge >= 0.3 is 5.69 Å². The summed E-state index contributed by atoms with van der Waals surface area (Å²) < 4.78 is 7.16. The van der Waals surface area contributed by atoms with E-state index >= 15 is 0 Å². The molecule has 8 heteroatoms. The quantitative estimate of drug-likeness (QED) is 0.670. The Kier molecular flexibility index (Phi) is 4.10. The topological polar surface area (TPSA) is 105 Å². The highest BCUT2D eigenvalue weighted by Crippen LogP contribution is 2.25. The van der Waals surface area contributed by atoms with E-state index in [1.54, 1.807) is 29.1 Å². The number of benzene rings is 1. The van der Waals surface area contributed by atoms with Crippen molar-refractivity contribution in [3.8, 4) is 0 Å². The molecule has 1 saturated heterocycles. The Morgan fingerprint density at radius 3 is 2.92 bits per heavy atom. The molecule has 3 aromatic rings. The number of carbonyl (C=O) groups excluding carboxylic acids is 1. The van der Waals surface area contributed by atoms with E-state index in [-0.39, 0.29) is 18.1 Å². The highest BCUT2D eigenvalue weighted by Gasteiger charge is 2.18. The van der Waals surface area contributed by atoms with Gasteiger partial charge in [0, 0.05) is 31.0 Å². The molecule has 1 aliphatic heterocycles. The Morgan fingerprint density at radius 2 is 2.08 bits per heavy atom. The summed E-state index contributed by atoms with van der Waals surface area (Å²) in [5.41, 5.74) is 2.75. The molecule has 8 nitrogen and oxygen atoms in total. The van der Waals surface area contributed by atoms with Crippen LogP contribution in [0.4, 0.5) is 5.69 Å². The van der Waals surface area contributed by atoms with Crippen LogP contribution in [0.25, 0.3) is 11.0 Å². The van der Waals surface area contributed by atoms with E-state index in [2.05, 4.69) is 20.3 Å². The molecule has 3 N–H and O–H groups in total. The van der Waals surface area contributed by atoms with Gasteiger partial charge in [0.25, 0.3) is 0 Å². The molecule has 0 bridgehead atoms. The average Bonchev–Trinajstić information content (AvgIpc) is 3.21. The van der Waals surface area contributed by atoms with Crippen LogP contribution >= 0.6 is 0 Å². The van der Waals surface area contributed by atoms with Crippen molar-refractivity contribution >= 4 is 22.6 Å². The monoisotopic (exact) mass is 341 g/mol. The molecule has 0 spiro atoms. The maximum Gasteiger partial charge on any atom is 0.323 e. The number of hydrogen-bond acceptors (Lipinski definition) is 4. The van der Waals surface area contributed by atoms with Gasteiger partial charge in [-0.1, -0.05) is 0 Å². The molecule has 0 radical (unpaired) electrons. The first kappa shape index (κ1) is 15.6. The number of ether oxygens (including phenoxy) is 1. The van der Waals surface area contributed by atoms with Crippen molar-refractivity contribution < 1.29 is 9.53 Å². The van der Waals surface area contributed by atoms with Crippen LogP contribution in [0, 0.1) is 0 Å². The number of fused-ring (bicyclic) bond motifs is 1. The molecule has 0 saturated carbocycles. The van der Waals surface area contributed by atoms with Gasteiger partial charge in [0.1, 0.15) is 6.54 Å². The average molecular weight is 341 g/mol. The van der Waals surface area contributed by atoms with Gasteiger partial charge in [0.05, 0.1) is 23.1 Å². The lowest BCUT2D eigenvalue weighted by atomic mass is 9.97. The summed E-state index contributed by atoms with van der Waals surface area (Å²) in [7, 11) is 0. The minimum atomic E-state index is -0.266. The second-order valence-corrected chi connectivity index (χ2v) is 6.25. The first-order valence-corrected chi connectivity index (χ1v) is 8.29. The van der Waals surface area contributed by atoms with Crippen molar-refractivity contribution in [2.75, 3.05) is 18.5 Å². The van der Waals surface area contributed by atoms with Crippen LogP contribution in [0.5, 0.6) is 0 Å². The van der Waals surface area contributed by atoms with Crippen LogP contribution in [-0.4, -0.2) is 38.6 Å². The zero-order chi connectivity index (χ0) is 17.2. The number of nitrogens with zero attached hydrogens (tertiary/aromatic N) is 2. The van der Waals surface area contributed by atoms with Gasteiger partial charge in [-0.15, -0.1) is 0 Å². The van der Waals surface area contributed by atoms with Crippen LogP contribution in [0.2, 0.25) is 0 Å². The first-order chi connectivity index (χ1) is 12.2. The van der Waals surface area contributed by atoms with Gasteiger partial charge < -0.3 is 24.6 Å². The van der Waals surface area contributed by atoms with E-state index in [1.807, 2.05) is 6.20 Å². The number of hydrogen-bond donors (Lipinski definition) is 3. The second kappa shape index (κ2) is 6.56. The lowest BCUT2D eigenvalue weighted by Gasteiger charge is -2.19. The summed E-state index contributed by atoms with van der Waals surface area (Å²) in [6, 6.07) is 5.24. The largest absolute Gasteiger partial charge is 0.381 e. The molecule has 4 rings (SSSR count). The van der Waals surface area contributed by atoms with Gasteiger partial charge in [-0.05, 0) is 31.0 Å². The van der Waals surface area contributed by atoms with Crippen molar-refractivity contribution in [1.82, 2.24) is 19.5 Å². The smallest absolute Gasteiger partial charge is 0.323 e. The fourth-order valence-electron chi connectivity index (χ4n) is 3.14. The first-order valence-electron chi connectivity index (χ1n) is 8.29. The Balaban J connectivity index is 1.41. The zero-order valence-electron chi connectivity index (χ0n) is 13.6. The molecule has 2 aromatic heterocycles. The summed E-state index contributed by atoms with van der Waals surface area (Å²) in [6.45, 7) is 1.72. The number of nitrogens with one attached hydrogen (secondary N) is 3. The number of carbonyl (C=O) groups is 1. The van der Waals surface area contributed by atoms with Gasteiger partial charge in [-0.3, -0.25) is 4.79 Å². The Hall–Kier alpha value is -2.87. The van der Waals surface area contributed by atoms with Gasteiger partial charge in [0.15, 0.2) is 0 Å². The summed E-state index contributed by atoms with van der Waals surface area (Å²) in [6.07, 6.45) is 5.57. The third-order valence-corrected chi connectivity index (χ3v) is 4.42. The molecule has 1 fully saturated rings. The lowest BCUT2D eigenvalue weighted by molar-refractivity contribution is -0.116. The molecule has 1 aromatic carbocycles. The number of imidazole rings is 2. The SMILES string of the molecule is O=C(Cn1cnc(C2CCOCC2)c1)Nc1ccc2[nH]c(=O)[nH]c2c1. The molecular formula is C17H19N5O3. The normalized spacial score (nSPS) is 15.5. The lowest BCUT2D eigenvalue weighted by Crippen LogP contribution is -2.18. The highest BCUT2D eigenvalue weighted by molar-refractivity contribution is 5.92. The van der Waals surface area contributed by atoms with E-state index in [0.29, 0.717) is 22.6 Å². The maximum absolute atomic E-state index is 12.2. The van der Waals surface area contributed by atoms with Crippen molar-refractivity contribution in [2.24, 2.45) is 0 Å². The van der Waals surface area contributed by atoms with Crippen LogP contribution in [0.3, 0.4) is 0 Å². The minimum Gasteiger partial charge on any atom is -0.381 e.